The third kappa shape index (κ3) is 10.6. The zero-order valence-corrected chi connectivity index (χ0v) is 28.2. The molecule has 0 spiro atoms. The van der Waals surface area contributed by atoms with Gasteiger partial charge >= 0.3 is 43.2 Å². The average molecular weight is 608 g/mol. The van der Waals surface area contributed by atoms with Gasteiger partial charge in [0, 0.05) is 13.1 Å². The van der Waals surface area contributed by atoms with Gasteiger partial charge in [0.25, 0.3) is 5.91 Å². The molecule has 1 aromatic rings. The maximum atomic E-state index is 13.5. The molecule has 0 aromatic heterocycles. The van der Waals surface area contributed by atoms with E-state index in [-0.39, 0.29) is 62.3 Å². The van der Waals surface area contributed by atoms with Crippen LogP contribution in [-0.2, 0) is 34.5 Å². The fraction of sp³-hybridized carbons (Fsp3) is 0.593. The number of amides is 2. The number of alkyl carbamates (subject to hydrolysis) is 1. The van der Waals surface area contributed by atoms with E-state index in [9.17, 15) is 24.1 Å². The third-order valence-corrected chi connectivity index (χ3v) is 7.79. The number of nitrogens with zero attached hydrogens (tertiary/aromatic N) is 1. The van der Waals surface area contributed by atoms with E-state index < -0.39 is 54.5 Å². The summed E-state index contributed by atoms with van der Waals surface area (Å²) in [5, 5.41) is 13.8. The minimum atomic E-state index is -3.82. The van der Waals surface area contributed by atoms with Crippen LogP contribution in [0.3, 0.4) is 0 Å². The van der Waals surface area contributed by atoms with Gasteiger partial charge in [-0.3, -0.25) is 14.2 Å². The first kappa shape index (κ1) is 36.9. The molecule has 12 nitrogen and oxygen atoms in total. The van der Waals surface area contributed by atoms with Gasteiger partial charge in [0.05, 0.1) is 33.5 Å². The number of hydrogen-bond donors (Lipinski definition) is 2. The predicted octanol–water partition coefficient (Wildman–Crippen LogP) is 1.37. The van der Waals surface area contributed by atoms with E-state index in [1.807, 2.05) is 0 Å². The molecule has 0 saturated carbocycles. The predicted molar refractivity (Wildman–Crippen MR) is 148 cm³/mol. The van der Waals surface area contributed by atoms with Gasteiger partial charge in [-0.15, -0.1) is 0 Å². The molecular formula is C27H41N2NaO10P+. The van der Waals surface area contributed by atoms with Gasteiger partial charge in [-0.2, -0.15) is 0 Å². The Balaban J connectivity index is 0.00000840. The minimum absolute atomic E-state index is 0. The molecule has 14 heteroatoms. The molecule has 0 fully saturated rings. The zero-order valence-electron chi connectivity index (χ0n) is 25.3. The van der Waals surface area contributed by atoms with E-state index in [0.717, 1.165) is 0 Å². The van der Waals surface area contributed by atoms with Crippen LogP contribution in [0.5, 0.6) is 11.5 Å². The minimum Gasteiger partial charge on any atom is -0.509 e. The Morgan fingerprint density at radius 3 is 2.22 bits per heavy atom. The summed E-state index contributed by atoms with van der Waals surface area (Å²) >= 11 is 0. The number of aliphatic hydroxyl groups excluding tert-OH is 1. The molecule has 0 radical (unpaired) electrons. The Bertz CT molecular complexity index is 1140. The molecule has 1 unspecified atom stereocenters. The topological polar surface area (TPSA) is 150 Å². The van der Waals surface area contributed by atoms with Crippen LogP contribution in [0.2, 0.25) is 0 Å². The van der Waals surface area contributed by atoms with Gasteiger partial charge in [-0.25, -0.2) is 4.79 Å². The maximum absolute atomic E-state index is 13.5. The van der Waals surface area contributed by atoms with E-state index in [4.69, 9.17) is 23.3 Å². The number of methoxy groups -OCH3 is 2. The zero-order chi connectivity index (χ0) is 30.1. The van der Waals surface area contributed by atoms with Gasteiger partial charge in [-0.1, -0.05) is 6.07 Å². The summed E-state index contributed by atoms with van der Waals surface area (Å²) in [6.45, 7) is 8.81. The first-order valence-electron chi connectivity index (χ1n) is 13.1. The molecule has 1 aliphatic heterocycles. The number of nitrogens with one attached hydrogen (secondary N) is 1. The number of ketones is 1. The van der Waals surface area contributed by atoms with Crippen molar-refractivity contribution in [2.45, 2.75) is 65.6 Å². The van der Waals surface area contributed by atoms with Gasteiger partial charge in [0.15, 0.2) is 17.3 Å². The van der Waals surface area contributed by atoms with Crippen LogP contribution in [-0.4, -0.2) is 79.6 Å². The summed E-state index contributed by atoms with van der Waals surface area (Å²) in [7, 11) is -0.824. The van der Waals surface area contributed by atoms with Crippen molar-refractivity contribution in [3.8, 4) is 11.5 Å². The second kappa shape index (κ2) is 16.5. The number of carbonyl (C=O) groups excluding carboxylic acids is 3. The first-order chi connectivity index (χ1) is 18.8. The quantitative estimate of drug-likeness (QED) is 0.130. The van der Waals surface area contributed by atoms with Crippen LogP contribution in [0.15, 0.2) is 29.5 Å². The van der Waals surface area contributed by atoms with Gasteiger partial charge < -0.3 is 38.6 Å². The molecule has 1 aliphatic rings. The van der Waals surface area contributed by atoms with E-state index in [1.165, 1.54) is 19.1 Å². The fourth-order valence-corrected chi connectivity index (χ4v) is 5.75. The molecular weight excluding hydrogens is 566 g/mol. The Hall–Kier alpha value is -2.08. The Kier molecular flexibility index (Phi) is 14.9. The number of carbonyl (C=O) groups is 3. The van der Waals surface area contributed by atoms with Crippen molar-refractivity contribution < 1.29 is 76.9 Å². The monoisotopic (exact) mass is 607 g/mol. The number of Topliss-reactive ketones (excluding diaryl/α,β-unsaturated/α-hetero) is 1. The number of rotatable bonds is 15. The molecule has 2 rings (SSSR count). The molecule has 41 heavy (non-hydrogen) atoms. The van der Waals surface area contributed by atoms with Crippen LogP contribution >= 0.6 is 7.60 Å². The van der Waals surface area contributed by atoms with Crippen molar-refractivity contribution >= 4 is 25.4 Å². The number of ether oxygens (including phenoxy) is 3. The van der Waals surface area contributed by atoms with Crippen LogP contribution < -0.4 is 44.3 Å². The summed E-state index contributed by atoms with van der Waals surface area (Å²) in [6, 6.07) is 4.26. The molecule has 224 valence electrons. The first-order valence-corrected chi connectivity index (χ1v) is 14.8. The fourth-order valence-electron chi connectivity index (χ4n) is 4.20. The van der Waals surface area contributed by atoms with Crippen molar-refractivity contribution in [1.29, 1.82) is 0 Å². The molecule has 0 saturated heterocycles. The Labute approximate surface area is 263 Å². The van der Waals surface area contributed by atoms with Crippen LogP contribution in [0.25, 0.3) is 0 Å². The molecule has 1 aromatic carbocycles. The van der Waals surface area contributed by atoms with Crippen LogP contribution in [0, 0.1) is 0 Å². The van der Waals surface area contributed by atoms with Gasteiger partial charge in [-0.05, 0) is 65.2 Å². The van der Waals surface area contributed by atoms with Crippen molar-refractivity contribution in [2.24, 2.45) is 0 Å². The summed E-state index contributed by atoms with van der Waals surface area (Å²) in [5.74, 6) is -1.01. The van der Waals surface area contributed by atoms with E-state index in [0.29, 0.717) is 23.5 Å². The number of benzene rings is 1. The number of hydrogen-bond acceptors (Lipinski definition) is 10. The largest absolute Gasteiger partial charge is 1.00 e. The van der Waals surface area contributed by atoms with Crippen molar-refractivity contribution in [2.75, 3.05) is 40.1 Å². The molecule has 1 atom stereocenters. The standard InChI is InChI=1S/C27H41N2O10P.Na/c1-8-37-40(34,38-9-2)17-20(30)23-24(31)19(11-10-14-28-26(33)39-27(3,4)5)29(25(23)32)16-18-12-13-21(35-6)22(15-18)36-7;/h12-13,15,19,31H,8-11,14,16-17H2,1-7H3,(H,28,33);/q;+1. The summed E-state index contributed by atoms with van der Waals surface area (Å²) < 4.78 is 39.3. The summed E-state index contributed by atoms with van der Waals surface area (Å²) in [6.07, 6.45) is -0.680. The SMILES string of the molecule is CCOP(=O)(CC(=O)C1=C(O)C(CCCNC(=O)OC(C)(C)C)N(Cc2ccc(OC)c(OC)c2)C1=O)OCC.[Na+]. The maximum Gasteiger partial charge on any atom is 1.00 e. The van der Waals surface area contributed by atoms with E-state index in [1.54, 1.807) is 52.8 Å². The van der Waals surface area contributed by atoms with Crippen molar-refractivity contribution in [1.82, 2.24) is 10.2 Å². The van der Waals surface area contributed by atoms with Crippen molar-refractivity contribution in [3.63, 3.8) is 0 Å². The Morgan fingerprint density at radius 1 is 1.07 bits per heavy atom. The van der Waals surface area contributed by atoms with E-state index >= 15 is 0 Å². The molecule has 2 amide bonds. The molecule has 2 N–H and O–H groups in total. The summed E-state index contributed by atoms with van der Waals surface area (Å²) in [4.78, 5) is 40.1. The average Bonchev–Trinajstić information content (AvgIpc) is 3.09. The van der Waals surface area contributed by atoms with Gasteiger partial charge in [0.1, 0.15) is 23.1 Å². The van der Waals surface area contributed by atoms with Crippen LogP contribution in [0.4, 0.5) is 4.79 Å². The molecule has 1 heterocycles. The third-order valence-electron chi connectivity index (χ3n) is 5.81. The van der Waals surface area contributed by atoms with E-state index in [2.05, 4.69) is 5.32 Å². The van der Waals surface area contributed by atoms with Crippen molar-refractivity contribution in [3.05, 3.63) is 35.1 Å². The summed E-state index contributed by atoms with van der Waals surface area (Å²) in [5.41, 5.74) is -0.444. The normalized spacial score (nSPS) is 15.4. The van der Waals surface area contributed by atoms with Crippen LogP contribution in [0.1, 0.15) is 53.0 Å². The smallest absolute Gasteiger partial charge is 0.509 e. The molecule has 0 aliphatic carbocycles. The number of aliphatic hydroxyl groups is 1. The van der Waals surface area contributed by atoms with Gasteiger partial charge in [0.2, 0.25) is 0 Å². The Morgan fingerprint density at radius 2 is 1.68 bits per heavy atom. The second-order valence-corrected chi connectivity index (χ2v) is 12.1. The molecule has 0 bridgehead atoms. The second-order valence-electron chi connectivity index (χ2n) is 10.00.